The van der Waals surface area contributed by atoms with Crippen LogP contribution in [0.1, 0.15) is 70.4 Å². The van der Waals surface area contributed by atoms with Crippen molar-refractivity contribution in [3.8, 4) is 16.9 Å². The molecule has 2 heterocycles. The van der Waals surface area contributed by atoms with Crippen LogP contribution >= 0.6 is 12.4 Å². The highest BCUT2D eigenvalue weighted by Gasteiger charge is 2.23. The molecule has 0 radical (unpaired) electrons. The maximum atomic E-state index is 14.1. The van der Waals surface area contributed by atoms with Crippen LogP contribution in [-0.4, -0.2) is 22.7 Å². The zero-order valence-corrected chi connectivity index (χ0v) is 25.4. The number of carbonyl (C=O) groups excluding carboxylic acids is 1. The Kier molecular flexibility index (Phi) is 10.4. The Morgan fingerprint density at radius 1 is 1.00 bits per heavy atom. The zero-order valence-electron chi connectivity index (χ0n) is 24.6. The molecule has 4 N–H and O–H groups in total. The van der Waals surface area contributed by atoms with E-state index in [4.69, 9.17) is 10.5 Å². The molecule has 0 aliphatic carbocycles. The van der Waals surface area contributed by atoms with E-state index in [1.807, 2.05) is 48.5 Å². The Labute approximate surface area is 247 Å². The fourth-order valence-corrected chi connectivity index (χ4v) is 5.02. The van der Waals surface area contributed by atoms with Crippen molar-refractivity contribution in [1.82, 2.24) is 9.55 Å². The Morgan fingerprint density at radius 3 is 2.27 bits per heavy atom. The van der Waals surface area contributed by atoms with Crippen LogP contribution in [0.2, 0.25) is 0 Å². The number of hydrogen-bond acceptors (Lipinski definition) is 5. The lowest BCUT2D eigenvalue weighted by molar-refractivity contribution is 0.262. The molecule has 2 aromatic heterocycles. The van der Waals surface area contributed by atoms with Gasteiger partial charge in [0, 0.05) is 35.1 Å². The lowest BCUT2D eigenvalue weighted by Gasteiger charge is -2.22. The minimum atomic E-state index is -0.500. The van der Waals surface area contributed by atoms with Crippen molar-refractivity contribution in [2.75, 3.05) is 23.5 Å². The average Bonchev–Trinajstić information content (AvgIpc) is 2.93. The summed E-state index contributed by atoms with van der Waals surface area (Å²) < 4.78 is 7.12. The molecular formula is C32H40ClN5O3. The van der Waals surface area contributed by atoms with Crippen molar-refractivity contribution in [1.29, 1.82) is 0 Å². The van der Waals surface area contributed by atoms with Crippen molar-refractivity contribution in [3.05, 3.63) is 76.2 Å². The van der Waals surface area contributed by atoms with Crippen molar-refractivity contribution in [3.63, 3.8) is 0 Å². The van der Waals surface area contributed by atoms with E-state index in [2.05, 4.69) is 50.2 Å². The van der Waals surface area contributed by atoms with Crippen LogP contribution in [0.25, 0.3) is 22.2 Å². The summed E-state index contributed by atoms with van der Waals surface area (Å²) >= 11 is 0. The minimum absolute atomic E-state index is 0. The third kappa shape index (κ3) is 6.65. The highest BCUT2D eigenvalue weighted by Crippen LogP contribution is 2.37. The second kappa shape index (κ2) is 13.5. The zero-order chi connectivity index (χ0) is 29.0. The molecule has 0 saturated carbocycles. The van der Waals surface area contributed by atoms with Crippen LogP contribution in [0.3, 0.4) is 0 Å². The number of nitrogens with zero attached hydrogens (tertiary/aromatic N) is 2. The molecule has 2 aromatic carbocycles. The number of amides is 2. The van der Waals surface area contributed by atoms with Gasteiger partial charge in [-0.25, -0.2) is 9.78 Å². The average molecular weight is 578 g/mol. The van der Waals surface area contributed by atoms with Crippen LogP contribution in [-0.2, 0) is 6.54 Å². The lowest BCUT2D eigenvalue weighted by Crippen LogP contribution is -2.30. The molecule has 0 fully saturated rings. The molecule has 8 nitrogen and oxygen atoms in total. The van der Waals surface area contributed by atoms with Gasteiger partial charge in [0.05, 0.1) is 7.11 Å². The van der Waals surface area contributed by atoms with Crippen LogP contribution in [0.15, 0.2) is 59.5 Å². The second-order valence-corrected chi connectivity index (χ2v) is 10.6. The summed E-state index contributed by atoms with van der Waals surface area (Å²) in [5.41, 5.74) is 11.3. The van der Waals surface area contributed by atoms with Gasteiger partial charge in [0.25, 0.3) is 5.56 Å². The number of methoxy groups -OCH3 is 1. The molecule has 0 atom stereocenters. The molecule has 41 heavy (non-hydrogen) atoms. The summed E-state index contributed by atoms with van der Waals surface area (Å²) in [4.78, 5) is 32.3. The fraction of sp³-hybridized carbons (Fsp3) is 0.344. The number of urea groups is 1. The second-order valence-electron chi connectivity index (χ2n) is 10.6. The number of rotatable bonds is 9. The summed E-state index contributed by atoms with van der Waals surface area (Å²) in [6.45, 7) is 10.8. The predicted molar refractivity (Wildman–Crippen MR) is 172 cm³/mol. The van der Waals surface area contributed by atoms with Crippen molar-refractivity contribution in [2.45, 2.75) is 65.8 Å². The fourth-order valence-electron chi connectivity index (χ4n) is 5.02. The van der Waals surface area contributed by atoms with Gasteiger partial charge in [-0.3, -0.25) is 9.36 Å². The number of aryl methyl sites for hydroxylation is 1. The lowest BCUT2D eigenvalue weighted by atomic mass is 9.92. The number of nitrogen functional groups attached to an aromatic ring is 1. The molecule has 0 spiro atoms. The first-order valence-corrected chi connectivity index (χ1v) is 13.8. The Balaban J connectivity index is 0.00000462. The molecule has 0 aliphatic rings. The number of carbonyl (C=O) groups is 1. The Hall–Kier alpha value is -4.04. The first kappa shape index (κ1) is 31.5. The van der Waals surface area contributed by atoms with Crippen LogP contribution in [0.5, 0.6) is 5.75 Å². The van der Waals surface area contributed by atoms with Gasteiger partial charge in [0.15, 0.2) is 0 Å². The van der Waals surface area contributed by atoms with E-state index in [0.29, 0.717) is 34.9 Å². The van der Waals surface area contributed by atoms with Gasteiger partial charge in [0.1, 0.15) is 17.1 Å². The molecule has 218 valence electrons. The first-order valence-electron chi connectivity index (χ1n) is 13.8. The monoisotopic (exact) mass is 577 g/mol. The van der Waals surface area contributed by atoms with E-state index in [9.17, 15) is 9.59 Å². The highest BCUT2D eigenvalue weighted by molar-refractivity contribution is 6.08. The number of aromatic nitrogens is 2. The van der Waals surface area contributed by atoms with Gasteiger partial charge in [0.2, 0.25) is 0 Å². The van der Waals surface area contributed by atoms with Gasteiger partial charge in [-0.05, 0) is 71.3 Å². The van der Waals surface area contributed by atoms with Gasteiger partial charge < -0.3 is 21.1 Å². The van der Waals surface area contributed by atoms with Crippen LogP contribution in [0.4, 0.5) is 21.9 Å². The molecule has 0 bridgehead atoms. The number of benzene rings is 2. The number of ether oxygens (including phenoxy) is 1. The van der Waals surface area contributed by atoms with E-state index in [0.717, 1.165) is 34.9 Å². The Bertz CT molecular complexity index is 1570. The van der Waals surface area contributed by atoms with E-state index in [-0.39, 0.29) is 35.5 Å². The summed E-state index contributed by atoms with van der Waals surface area (Å²) in [5.74, 6) is 0.897. The molecule has 2 amide bonds. The number of hydrogen-bond donors (Lipinski definition) is 3. The number of anilines is 3. The van der Waals surface area contributed by atoms with Crippen molar-refractivity contribution >= 4 is 46.5 Å². The molecule has 9 heteroatoms. The molecular weight excluding hydrogens is 538 g/mol. The molecule has 0 saturated heterocycles. The third-order valence-corrected chi connectivity index (χ3v) is 7.06. The molecule has 4 aromatic rings. The van der Waals surface area contributed by atoms with E-state index in [1.165, 1.54) is 0 Å². The smallest absolute Gasteiger partial charge is 0.323 e. The van der Waals surface area contributed by atoms with Gasteiger partial charge in [-0.1, -0.05) is 53.2 Å². The van der Waals surface area contributed by atoms with Gasteiger partial charge in [-0.15, -0.1) is 12.4 Å². The quantitative estimate of drug-likeness (QED) is 0.176. The number of fused-ring (bicyclic) bond motifs is 1. The maximum absolute atomic E-state index is 14.1. The number of pyridine rings is 2. The summed E-state index contributed by atoms with van der Waals surface area (Å²) in [7, 11) is 1.60. The number of unbranched alkanes of at least 4 members (excludes halogenated alkanes) is 1. The summed E-state index contributed by atoms with van der Waals surface area (Å²) in [6.07, 6.45) is 3.40. The highest BCUT2D eigenvalue weighted by atomic mass is 35.5. The normalized spacial score (nSPS) is 11.0. The summed E-state index contributed by atoms with van der Waals surface area (Å²) in [6, 6.07) is 14.5. The molecule has 0 aliphatic heterocycles. The van der Waals surface area contributed by atoms with Crippen LogP contribution in [0, 0.1) is 0 Å². The van der Waals surface area contributed by atoms with Gasteiger partial charge >= 0.3 is 6.03 Å². The first-order chi connectivity index (χ1) is 19.2. The predicted octanol–water partition coefficient (Wildman–Crippen LogP) is 7.77. The minimum Gasteiger partial charge on any atom is -0.497 e. The standard InChI is InChI=1S/C32H39N5O3.ClH/c1-7-8-15-37-30-24(13-10-14-34-30)27(21-11-9-12-23(16-21)40-6)29(31(37)38)36-32(39)35-28-25(19(2)3)17-22(33)18-26(28)20(4)5;/h9-14,16-20H,7-8,15,33H2,1-6H3,(H2,35,36,39);1H. The summed E-state index contributed by atoms with van der Waals surface area (Å²) in [5, 5.41) is 6.76. The molecule has 4 rings (SSSR count). The van der Waals surface area contributed by atoms with Gasteiger partial charge in [-0.2, -0.15) is 0 Å². The van der Waals surface area contributed by atoms with Crippen LogP contribution < -0.4 is 26.7 Å². The molecule has 0 unspecified atom stereocenters. The Morgan fingerprint density at radius 2 is 1.66 bits per heavy atom. The topological polar surface area (TPSA) is 111 Å². The van der Waals surface area contributed by atoms with E-state index < -0.39 is 6.03 Å². The SMILES string of the molecule is CCCCn1c(=O)c(NC(=O)Nc2c(C(C)C)cc(N)cc2C(C)C)c(-c2cccc(OC)c2)c2cccnc21.Cl. The van der Waals surface area contributed by atoms with Crippen molar-refractivity contribution < 1.29 is 9.53 Å². The number of halogens is 1. The number of nitrogens with one attached hydrogen (secondary N) is 2. The van der Waals surface area contributed by atoms with E-state index >= 15 is 0 Å². The maximum Gasteiger partial charge on any atom is 0.323 e. The van der Waals surface area contributed by atoms with Crippen molar-refractivity contribution in [2.24, 2.45) is 0 Å². The van der Waals surface area contributed by atoms with E-state index in [1.54, 1.807) is 17.9 Å². The third-order valence-electron chi connectivity index (χ3n) is 7.06. The number of nitrogens with two attached hydrogens (primary N) is 1. The largest absolute Gasteiger partial charge is 0.497 e.